The fourth-order valence-corrected chi connectivity index (χ4v) is 1.65. The summed E-state index contributed by atoms with van der Waals surface area (Å²) >= 11 is 0. The highest BCUT2D eigenvalue weighted by molar-refractivity contribution is 5.49. The molecule has 2 aromatic heterocycles. The van der Waals surface area contributed by atoms with Crippen LogP contribution in [-0.2, 0) is 6.42 Å². The van der Waals surface area contributed by atoms with Crippen LogP contribution in [0.5, 0.6) is 0 Å². The van der Waals surface area contributed by atoms with E-state index in [4.69, 9.17) is 0 Å². The van der Waals surface area contributed by atoms with Crippen LogP contribution in [-0.4, -0.2) is 15.0 Å². The van der Waals surface area contributed by atoms with E-state index in [9.17, 15) is 4.79 Å². The Morgan fingerprint density at radius 1 is 1.29 bits per heavy atom. The minimum atomic E-state index is -0.0887. The molecule has 0 bridgehead atoms. The highest BCUT2D eigenvalue weighted by Crippen LogP contribution is 2.12. The van der Waals surface area contributed by atoms with Gasteiger partial charge in [-0.2, -0.15) is 0 Å². The van der Waals surface area contributed by atoms with E-state index in [1.807, 2.05) is 26.0 Å². The molecule has 2 rings (SSSR count). The number of rotatable bonds is 2. The van der Waals surface area contributed by atoms with Crippen molar-refractivity contribution in [2.45, 2.75) is 27.2 Å². The van der Waals surface area contributed by atoms with Crippen molar-refractivity contribution in [3.8, 4) is 11.5 Å². The van der Waals surface area contributed by atoms with Crippen molar-refractivity contribution < 1.29 is 0 Å². The van der Waals surface area contributed by atoms with E-state index in [-0.39, 0.29) is 5.56 Å². The van der Waals surface area contributed by atoms with Crippen LogP contribution in [0, 0.1) is 13.8 Å². The van der Waals surface area contributed by atoms with Gasteiger partial charge in [0, 0.05) is 11.8 Å². The molecule has 0 aliphatic carbocycles. The zero-order valence-electron chi connectivity index (χ0n) is 10.2. The molecule has 0 atom stereocenters. The fourth-order valence-electron chi connectivity index (χ4n) is 1.65. The number of nitrogens with zero attached hydrogens (tertiary/aromatic N) is 2. The van der Waals surface area contributed by atoms with Gasteiger partial charge in [0.15, 0.2) is 5.82 Å². The molecule has 4 heteroatoms. The van der Waals surface area contributed by atoms with Gasteiger partial charge in [0.1, 0.15) is 5.69 Å². The summed E-state index contributed by atoms with van der Waals surface area (Å²) in [6.45, 7) is 5.75. The lowest BCUT2D eigenvalue weighted by Gasteiger charge is -2.05. The Morgan fingerprint density at radius 3 is 2.65 bits per heavy atom. The number of aromatic amines is 1. The Kier molecular flexibility index (Phi) is 3.04. The van der Waals surface area contributed by atoms with E-state index in [0.717, 1.165) is 17.7 Å². The van der Waals surface area contributed by atoms with Gasteiger partial charge in [0.05, 0.1) is 5.69 Å². The summed E-state index contributed by atoms with van der Waals surface area (Å²) in [7, 11) is 0. The molecule has 1 N–H and O–H groups in total. The smallest absolute Gasteiger partial charge is 0.254 e. The van der Waals surface area contributed by atoms with Crippen LogP contribution in [0.15, 0.2) is 23.1 Å². The van der Waals surface area contributed by atoms with Crippen molar-refractivity contribution >= 4 is 0 Å². The van der Waals surface area contributed by atoms with Gasteiger partial charge in [-0.15, -0.1) is 0 Å². The predicted molar refractivity (Wildman–Crippen MR) is 66.9 cm³/mol. The van der Waals surface area contributed by atoms with E-state index in [1.165, 1.54) is 0 Å². The predicted octanol–water partition coefficient (Wildman–Crippen LogP) is 2.01. The second-order valence-corrected chi connectivity index (χ2v) is 4.06. The first-order valence-electron chi connectivity index (χ1n) is 5.64. The molecule has 0 saturated heterocycles. The normalized spacial score (nSPS) is 10.5. The minimum Gasteiger partial charge on any atom is -0.305 e. The minimum absolute atomic E-state index is 0.0887. The van der Waals surface area contributed by atoms with Gasteiger partial charge in [-0.1, -0.05) is 13.0 Å². The summed E-state index contributed by atoms with van der Waals surface area (Å²) in [5.41, 5.74) is 3.20. The fraction of sp³-hybridized carbons (Fsp3) is 0.308. The summed E-state index contributed by atoms with van der Waals surface area (Å²) in [4.78, 5) is 23.2. The Balaban J connectivity index is 2.56. The van der Waals surface area contributed by atoms with Crippen LogP contribution in [0.2, 0.25) is 0 Å². The van der Waals surface area contributed by atoms with E-state index in [2.05, 4.69) is 15.0 Å². The summed E-state index contributed by atoms with van der Waals surface area (Å²) in [6, 6.07) is 3.82. The summed E-state index contributed by atoms with van der Waals surface area (Å²) in [5.74, 6) is 0.539. The number of nitrogens with one attached hydrogen (secondary N) is 1. The van der Waals surface area contributed by atoms with Crippen LogP contribution in [0.3, 0.4) is 0 Å². The number of H-pyrrole nitrogens is 1. The van der Waals surface area contributed by atoms with Gasteiger partial charge in [0.2, 0.25) is 0 Å². The largest absolute Gasteiger partial charge is 0.305 e. The summed E-state index contributed by atoms with van der Waals surface area (Å²) in [5, 5.41) is 0. The third-order valence-electron chi connectivity index (χ3n) is 2.74. The van der Waals surface area contributed by atoms with Crippen molar-refractivity contribution in [2.24, 2.45) is 0 Å². The van der Waals surface area contributed by atoms with Crippen LogP contribution in [0.4, 0.5) is 0 Å². The zero-order valence-corrected chi connectivity index (χ0v) is 10.2. The van der Waals surface area contributed by atoms with Crippen molar-refractivity contribution in [3.63, 3.8) is 0 Å². The maximum Gasteiger partial charge on any atom is 0.254 e. The van der Waals surface area contributed by atoms with Gasteiger partial charge in [0.25, 0.3) is 5.56 Å². The molecule has 0 aliphatic heterocycles. The van der Waals surface area contributed by atoms with Gasteiger partial charge in [-0.3, -0.25) is 9.78 Å². The molecule has 0 amide bonds. The van der Waals surface area contributed by atoms with Gasteiger partial charge >= 0.3 is 0 Å². The van der Waals surface area contributed by atoms with Crippen molar-refractivity contribution in [1.82, 2.24) is 15.0 Å². The molecule has 0 aliphatic rings. The van der Waals surface area contributed by atoms with Crippen LogP contribution >= 0.6 is 0 Å². The molecular formula is C13H15N3O. The summed E-state index contributed by atoms with van der Waals surface area (Å²) < 4.78 is 0. The molecule has 0 spiro atoms. The van der Waals surface area contributed by atoms with E-state index in [1.54, 1.807) is 13.1 Å². The Labute approximate surface area is 99.8 Å². The monoisotopic (exact) mass is 229 g/mol. The second-order valence-electron chi connectivity index (χ2n) is 4.06. The highest BCUT2D eigenvalue weighted by Gasteiger charge is 2.08. The quantitative estimate of drug-likeness (QED) is 0.857. The highest BCUT2D eigenvalue weighted by atomic mass is 16.1. The molecule has 0 radical (unpaired) electrons. The molecule has 88 valence electrons. The molecule has 17 heavy (non-hydrogen) atoms. The lowest BCUT2D eigenvalue weighted by molar-refractivity contribution is 0.948. The van der Waals surface area contributed by atoms with Gasteiger partial charge in [-0.05, 0) is 31.9 Å². The molecule has 2 aromatic rings. The third-order valence-corrected chi connectivity index (χ3v) is 2.74. The van der Waals surface area contributed by atoms with E-state index >= 15 is 0 Å². The molecule has 4 nitrogen and oxygen atoms in total. The second kappa shape index (κ2) is 4.49. The topological polar surface area (TPSA) is 58.6 Å². The molecule has 0 aromatic carbocycles. The standard InChI is InChI=1S/C13H15N3O/c1-4-10-9(3)13(17)16-12(15-10)11-6-5-8(2)7-14-11/h5-7H,4H2,1-3H3,(H,15,16,17). The summed E-state index contributed by atoms with van der Waals surface area (Å²) in [6.07, 6.45) is 2.51. The van der Waals surface area contributed by atoms with E-state index in [0.29, 0.717) is 17.1 Å². The van der Waals surface area contributed by atoms with Crippen molar-refractivity contribution in [3.05, 3.63) is 45.5 Å². The van der Waals surface area contributed by atoms with Crippen molar-refractivity contribution in [1.29, 1.82) is 0 Å². The lowest BCUT2D eigenvalue weighted by atomic mass is 10.2. The number of aryl methyl sites for hydroxylation is 2. The first kappa shape index (κ1) is 11.5. The Hall–Kier alpha value is -1.97. The van der Waals surface area contributed by atoms with E-state index < -0.39 is 0 Å². The maximum absolute atomic E-state index is 11.7. The first-order chi connectivity index (χ1) is 8.11. The van der Waals surface area contributed by atoms with Gasteiger partial charge < -0.3 is 4.98 Å². The van der Waals surface area contributed by atoms with Crippen LogP contribution in [0.1, 0.15) is 23.7 Å². The number of aromatic nitrogens is 3. The Morgan fingerprint density at radius 2 is 2.06 bits per heavy atom. The number of hydrogen-bond acceptors (Lipinski definition) is 3. The van der Waals surface area contributed by atoms with Crippen LogP contribution in [0.25, 0.3) is 11.5 Å². The first-order valence-corrected chi connectivity index (χ1v) is 5.64. The van der Waals surface area contributed by atoms with Crippen molar-refractivity contribution in [2.75, 3.05) is 0 Å². The van der Waals surface area contributed by atoms with Gasteiger partial charge in [-0.25, -0.2) is 4.98 Å². The molecule has 2 heterocycles. The molecular weight excluding hydrogens is 214 g/mol. The van der Waals surface area contributed by atoms with Crippen LogP contribution < -0.4 is 5.56 Å². The number of hydrogen-bond donors (Lipinski definition) is 1. The SMILES string of the molecule is CCc1nc(-c2ccc(C)cn2)[nH]c(=O)c1C. The average Bonchev–Trinajstić information content (AvgIpc) is 2.33. The zero-order chi connectivity index (χ0) is 12.4. The average molecular weight is 229 g/mol. The third kappa shape index (κ3) is 2.25. The Bertz CT molecular complexity index is 585. The molecule has 0 unspecified atom stereocenters. The maximum atomic E-state index is 11.7. The number of pyridine rings is 1. The molecule has 0 saturated carbocycles. The lowest BCUT2D eigenvalue weighted by Crippen LogP contribution is -2.16. The molecule has 0 fully saturated rings.